The number of aromatic nitrogens is 5. The first kappa shape index (κ1) is 55.4. The second kappa shape index (κ2) is 22.7. The molecule has 79 heavy (non-hydrogen) atoms. The number of nitrogens with zero attached hydrogens (tertiary/aromatic N) is 9. The number of thiazole rings is 1. The summed E-state index contributed by atoms with van der Waals surface area (Å²) in [7, 11) is -4.39. The topological polar surface area (TPSA) is 242 Å². The number of aryl methyl sites for hydroxylation is 1. The molecule has 8 heterocycles. The van der Waals surface area contributed by atoms with E-state index in [1.807, 2.05) is 67.1 Å². The largest absolute Gasteiger partial charge is 0.391 e. The van der Waals surface area contributed by atoms with E-state index in [1.54, 1.807) is 36.0 Å². The zero-order valence-electron chi connectivity index (χ0n) is 44.1. The molecule has 25 heteroatoms. The van der Waals surface area contributed by atoms with E-state index in [9.17, 15) is 37.1 Å². The molecule has 4 saturated heterocycles. The van der Waals surface area contributed by atoms with Gasteiger partial charge in [-0.1, -0.05) is 45.0 Å². The monoisotopic (exact) mass is 1130 g/mol. The van der Waals surface area contributed by atoms with Gasteiger partial charge in [0.05, 0.1) is 40.0 Å². The lowest BCUT2D eigenvalue weighted by Gasteiger charge is -2.43. The van der Waals surface area contributed by atoms with E-state index >= 15 is 8.78 Å². The van der Waals surface area contributed by atoms with Crippen LogP contribution in [0.2, 0.25) is 0 Å². The van der Waals surface area contributed by atoms with Gasteiger partial charge in [-0.15, -0.1) is 11.3 Å². The molecule has 4 fully saturated rings. The van der Waals surface area contributed by atoms with E-state index in [0.717, 1.165) is 57.8 Å². The van der Waals surface area contributed by atoms with Crippen molar-refractivity contribution in [3.05, 3.63) is 107 Å². The van der Waals surface area contributed by atoms with E-state index in [1.165, 1.54) is 11.1 Å². The lowest BCUT2D eigenvalue weighted by Crippen LogP contribution is -2.60. The number of H-pyrrole nitrogens is 1. The van der Waals surface area contributed by atoms with Gasteiger partial charge in [-0.2, -0.15) is 12.7 Å². The second-order valence-electron chi connectivity index (χ2n) is 21.9. The van der Waals surface area contributed by atoms with Crippen LogP contribution < -0.4 is 20.3 Å². The molecule has 0 saturated carbocycles. The highest BCUT2D eigenvalue weighted by Gasteiger charge is 2.45. The molecule has 5 N–H and O–H groups in total. The maximum Gasteiger partial charge on any atom is 0.301 e. The Labute approximate surface area is 459 Å². The van der Waals surface area contributed by atoms with Crippen LogP contribution >= 0.6 is 11.3 Å². The third-order valence-corrected chi connectivity index (χ3v) is 17.5. The minimum absolute atomic E-state index is 0.0125. The molecule has 6 aromatic rings. The highest BCUT2D eigenvalue weighted by Crippen LogP contribution is 2.33. The average molecular weight is 1130 g/mol. The maximum absolute atomic E-state index is 15.8. The lowest BCUT2D eigenvalue weighted by molar-refractivity contribution is -0.144. The Kier molecular flexibility index (Phi) is 15.9. The molecule has 2 aromatic carbocycles. The SMILES string of the molecule is Cc1ncsc1-c1ccc(CNC(=O)[C@@H]2C[C@@H](O)CN2C(=O)[C@@H](NC(=O)CN2CC(CN3CCN(c4ncc(-c5cnc6[nH]cc(C(=O)c7c(F)ccc(NS(=O)(=O)N8CC[C@@H](F)C8)c7F)c6c5)cn4)CC3)C2)C(C)(C)C)cc1. The normalized spacial score (nSPS) is 20.1. The Morgan fingerprint density at radius 3 is 2.28 bits per heavy atom. The molecular formula is C54H62F3N13O7S2. The molecule has 0 aliphatic carbocycles. The van der Waals surface area contributed by atoms with E-state index in [-0.39, 0.29) is 67.4 Å². The van der Waals surface area contributed by atoms with Crippen LogP contribution in [0, 0.1) is 29.9 Å². The van der Waals surface area contributed by atoms with Gasteiger partial charge in [0.1, 0.15) is 29.7 Å². The summed E-state index contributed by atoms with van der Waals surface area (Å²) in [6.45, 7) is 12.5. The van der Waals surface area contributed by atoms with Gasteiger partial charge in [0.25, 0.3) is 0 Å². The van der Waals surface area contributed by atoms with Crippen LogP contribution in [0.5, 0.6) is 0 Å². The number of hydrogen-bond donors (Lipinski definition) is 5. The first-order chi connectivity index (χ1) is 37.7. The number of aliphatic hydroxyl groups is 1. The molecule has 20 nitrogen and oxygen atoms in total. The first-order valence-corrected chi connectivity index (χ1v) is 28.5. The zero-order valence-corrected chi connectivity index (χ0v) is 45.7. The van der Waals surface area contributed by atoms with Crippen LogP contribution in [0.1, 0.15) is 60.8 Å². The van der Waals surface area contributed by atoms with Gasteiger partial charge in [0, 0.05) is 125 Å². The Hall–Kier alpha value is -6.90. The molecule has 3 amide bonds. The summed E-state index contributed by atoms with van der Waals surface area (Å²) in [5, 5.41) is 16.8. The summed E-state index contributed by atoms with van der Waals surface area (Å²) in [6.07, 6.45) is 3.92. The van der Waals surface area contributed by atoms with Crippen molar-refractivity contribution in [2.45, 2.75) is 71.4 Å². The summed E-state index contributed by atoms with van der Waals surface area (Å²) in [4.78, 5) is 84.8. The van der Waals surface area contributed by atoms with E-state index in [0.29, 0.717) is 49.2 Å². The lowest BCUT2D eigenvalue weighted by atomic mass is 9.85. The zero-order chi connectivity index (χ0) is 55.9. The van der Waals surface area contributed by atoms with Crippen molar-refractivity contribution in [1.29, 1.82) is 0 Å². The number of alkyl halides is 1. The second-order valence-corrected chi connectivity index (χ2v) is 24.4. The van der Waals surface area contributed by atoms with Gasteiger partial charge in [-0.3, -0.25) is 33.7 Å². The smallest absolute Gasteiger partial charge is 0.301 e. The van der Waals surface area contributed by atoms with E-state index in [4.69, 9.17) is 0 Å². The fraction of sp³-hybridized carbons (Fsp3) is 0.444. The van der Waals surface area contributed by atoms with Gasteiger partial charge < -0.3 is 30.5 Å². The van der Waals surface area contributed by atoms with Gasteiger partial charge >= 0.3 is 10.2 Å². The minimum Gasteiger partial charge on any atom is -0.391 e. The fourth-order valence-electron chi connectivity index (χ4n) is 10.7. The summed E-state index contributed by atoms with van der Waals surface area (Å²) >= 11 is 1.57. The number of carbonyl (C=O) groups excluding carboxylic acids is 4. The number of halogens is 3. The van der Waals surface area contributed by atoms with Crippen molar-refractivity contribution >= 4 is 67.7 Å². The molecule has 0 bridgehead atoms. The van der Waals surface area contributed by atoms with Gasteiger partial charge in [-0.25, -0.2) is 33.1 Å². The van der Waals surface area contributed by atoms with Crippen molar-refractivity contribution in [3.8, 4) is 21.6 Å². The van der Waals surface area contributed by atoms with Crippen molar-refractivity contribution in [1.82, 2.24) is 54.6 Å². The van der Waals surface area contributed by atoms with Crippen LogP contribution in [0.25, 0.3) is 32.6 Å². The van der Waals surface area contributed by atoms with Crippen molar-refractivity contribution < 1.29 is 45.9 Å². The van der Waals surface area contributed by atoms with Crippen LogP contribution in [-0.4, -0.2) is 177 Å². The Morgan fingerprint density at radius 1 is 0.886 bits per heavy atom. The highest BCUT2D eigenvalue weighted by atomic mass is 32.2. The number of ketones is 1. The third kappa shape index (κ3) is 12.2. The molecule has 418 valence electrons. The molecule has 4 atom stereocenters. The Bertz CT molecular complexity index is 3360. The molecule has 10 rings (SSSR count). The number of hydrogen-bond acceptors (Lipinski definition) is 15. The van der Waals surface area contributed by atoms with E-state index < -0.39 is 81.1 Å². The van der Waals surface area contributed by atoms with Crippen LogP contribution in [0.4, 0.5) is 24.8 Å². The van der Waals surface area contributed by atoms with Crippen LogP contribution in [0.15, 0.2) is 72.8 Å². The first-order valence-electron chi connectivity index (χ1n) is 26.2. The summed E-state index contributed by atoms with van der Waals surface area (Å²) in [5.74, 6) is -3.87. The molecule has 4 aromatic heterocycles. The fourth-order valence-corrected chi connectivity index (χ4v) is 12.8. The predicted molar refractivity (Wildman–Crippen MR) is 291 cm³/mol. The highest BCUT2D eigenvalue weighted by molar-refractivity contribution is 7.90. The molecule has 0 radical (unpaired) electrons. The number of likely N-dealkylation sites (tertiary alicyclic amines) is 2. The number of anilines is 2. The summed E-state index contributed by atoms with van der Waals surface area (Å²) in [6, 6.07) is 9.32. The van der Waals surface area contributed by atoms with Crippen molar-refractivity contribution in [2.24, 2.45) is 11.3 Å². The average Bonchev–Trinajstić information content (AvgIpc) is 4.29. The standard InChI is InChI=1S/C54H62F3N13O7S2/c1-31-48(78-30-63-31)34-7-5-32(6-8-34)19-60-51(74)43-18-38(71)28-70(43)52(75)49(54(2,3)4)64-44(72)29-67-25-33(26-67)24-66-13-15-68(16-14-66)53-61-21-36(22-62-53)35-17-39-40(23-59-50(39)58-20-35)47(73)45-41(56)9-10-42(46(45)57)65-79(76,77)69-12-11-37(55)27-69/h5-10,17,20-23,30,33,37-38,43,49,65,71H,11-16,18-19,24-29H2,1-4H3,(H,58,59)(H,60,74)(H,64,72)/t37-,38-,43+,49-/m1/s1. The number of rotatable bonds is 17. The number of pyridine rings is 1. The molecular weight excluding hydrogens is 1060 g/mol. The Morgan fingerprint density at radius 2 is 1.61 bits per heavy atom. The molecule has 0 unspecified atom stereocenters. The van der Waals surface area contributed by atoms with E-state index in [2.05, 4.69) is 45.4 Å². The number of amides is 3. The van der Waals surface area contributed by atoms with Crippen molar-refractivity contribution in [2.75, 3.05) is 81.6 Å². The predicted octanol–water partition coefficient (Wildman–Crippen LogP) is 4.52. The van der Waals surface area contributed by atoms with Crippen molar-refractivity contribution in [3.63, 3.8) is 0 Å². The van der Waals surface area contributed by atoms with Gasteiger partial charge in [-0.05, 0) is 54.0 Å². The van der Waals surface area contributed by atoms with Gasteiger partial charge in [0.2, 0.25) is 29.5 Å². The number of carbonyl (C=O) groups is 4. The number of nitrogens with one attached hydrogen (secondary N) is 4. The minimum atomic E-state index is -4.39. The Balaban J connectivity index is 0.682. The number of piperazine rings is 1. The van der Waals surface area contributed by atoms with Crippen LogP contribution in [-0.2, 0) is 31.1 Å². The number of fused-ring (bicyclic) bond motifs is 1. The molecule has 4 aliphatic rings. The maximum atomic E-state index is 15.8. The third-order valence-electron chi connectivity index (χ3n) is 15.0. The number of aromatic amines is 1. The molecule has 0 spiro atoms. The quantitative estimate of drug-likeness (QED) is 0.0790. The number of β-amino-alcohol motifs (C(OH)–C–C–N with tert-alkyl or cyclic N) is 1. The summed E-state index contributed by atoms with van der Waals surface area (Å²) in [5.41, 5.74) is 3.64. The number of aliphatic hydroxyl groups excluding tert-OH is 1. The van der Waals surface area contributed by atoms with Gasteiger partial charge in [0.15, 0.2) is 5.82 Å². The molecule has 4 aliphatic heterocycles. The number of benzene rings is 2. The summed E-state index contributed by atoms with van der Waals surface area (Å²) < 4.78 is 73.3. The van der Waals surface area contributed by atoms with Crippen LogP contribution in [0.3, 0.4) is 0 Å².